The zero-order chi connectivity index (χ0) is 27.9. The molecule has 0 radical (unpaired) electrons. The van der Waals surface area contributed by atoms with Crippen LogP contribution in [0.5, 0.6) is 11.9 Å². The van der Waals surface area contributed by atoms with Crippen LogP contribution in [0.25, 0.3) is 22.6 Å². The summed E-state index contributed by atoms with van der Waals surface area (Å²) in [6.45, 7) is 10.8. The molecule has 0 saturated heterocycles. The van der Waals surface area contributed by atoms with Gasteiger partial charge in [-0.25, -0.2) is 4.98 Å². The maximum atomic E-state index is 11.3. The number of hydrogen-bond donors (Lipinski definition) is 1. The minimum absolute atomic E-state index is 0.0205. The number of ether oxygens (including phenoxy) is 3. The highest BCUT2D eigenvalue weighted by molar-refractivity contribution is 7.95. The third-order valence-electron chi connectivity index (χ3n) is 5.58. The van der Waals surface area contributed by atoms with Gasteiger partial charge in [0.1, 0.15) is 19.1 Å². The predicted molar refractivity (Wildman–Crippen MR) is 148 cm³/mol. The van der Waals surface area contributed by atoms with Crippen molar-refractivity contribution in [2.45, 2.75) is 41.3 Å². The third kappa shape index (κ3) is 8.16. The highest BCUT2D eigenvalue weighted by Gasteiger charge is 2.28. The van der Waals surface area contributed by atoms with Crippen LogP contribution in [0, 0.1) is 18.3 Å². The molecule has 0 aromatic carbocycles. The van der Waals surface area contributed by atoms with Crippen molar-refractivity contribution in [1.82, 2.24) is 24.7 Å². The van der Waals surface area contributed by atoms with Crippen LogP contribution < -0.4 is 9.47 Å². The molecule has 3 aromatic heterocycles. The Bertz CT molecular complexity index is 1210. The largest absolute Gasteiger partial charge is 0.481 e. The molecule has 0 fully saturated rings. The summed E-state index contributed by atoms with van der Waals surface area (Å²) in [5.41, 5.74) is 2.25. The van der Waals surface area contributed by atoms with Crippen molar-refractivity contribution >= 4 is 16.9 Å². The number of aryl methyl sites for hydroxylation is 1. The predicted octanol–water partition coefficient (Wildman–Crippen LogP) is 4.09. The molecule has 3 rings (SSSR count). The molecule has 38 heavy (non-hydrogen) atoms. The zero-order valence-corrected chi connectivity index (χ0v) is 24.0. The average molecular weight is 545 g/mol. The fourth-order valence-electron chi connectivity index (χ4n) is 3.14. The first kappa shape index (κ1) is 29.4. The lowest BCUT2D eigenvalue weighted by atomic mass is 9.95. The first-order chi connectivity index (χ1) is 18.0. The monoisotopic (exact) mass is 544 g/mol. The van der Waals surface area contributed by atoms with Gasteiger partial charge >= 0.3 is 12.0 Å². The van der Waals surface area contributed by atoms with E-state index in [9.17, 15) is 9.90 Å². The Morgan fingerprint density at radius 1 is 1.16 bits per heavy atom. The van der Waals surface area contributed by atoms with E-state index in [-0.39, 0.29) is 13.3 Å². The second-order valence-corrected chi connectivity index (χ2v) is 12.8. The van der Waals surface area contributed by atoms with Crippen molar-refractivity contribution in [3.8, 4) is 34.5 Å². The number of pyridine rings is 2. The summed E-state index contributed by atoms with van der Waals surface area (Å²) < 4.78 is 19.0. The summed E-state index contributed by atoms with van der Waals surface area (Å²) in [6.07, 6.45) is 7.78. The topological polar surface area (TPSA) is 121 Å². The van der Waals surface area contributed by atoms with Gasteiger partial charge in [-0.1, -0.05) is 13.8 Å². The molecule has 0 unspecified atom stereocenters. The Kier molecular flexibility index (Phi) is 10.1. The van der Waals surface area contributed by atoms with Crippen LogP contribution in [0.4, 0.5) is 0 Å². The van der Waals surface area contributed by atoms with Crippen molar-refractivity contribution < 1.29 is 24.1 Å². The second-order valence-electron chi connectivity index (χ2n) is 10.4. The summed E-state index contributed by atoms with van der Waals surface area (Å²) in [5, 5.41) is 13.9. The van der Waals surface area contributed by atoms with Crippen LogP contribution in [-0.4, -0.2) is 73.9 Å². The summed E-state index contributed by atoms with van der Waals surface area (Å²) in [6, 6.07) is 6.01. The van der Waals surface area contributed by atoms with Crippen molar-refractivity contribution in [3.05, 3.63) is 36.2 Å². The number of rotatable bonds is 14. The number of carboxylic acid groups (broad SMARTS) is 1. The van der Waals surface area contributed by atoms with Crippen LogP contribution in [0.15, 0.2) is 30.6 Å². The van der Waals surface area contributed by atoms with Gasteiger partial charge in [0, 0.05) is 29.6 Å². The Labute approximate surface area is 227 Å². The van der Waals surface area contributed by atoms with E-state index in [0.29, 0.717) is 47.7 Å². The number of hydrogen-bond acceptors (Lipinski definition) is 8. The van der Waals surface area contributed by atoms with E-state index in [4.69, 9.17) is 14.2 Å². The van der Waals surface area contributed by atoms with Gasteiger partial charge in [-0.3, -0.25) is 9.78 Å². The molecule has 1 N–H and O–H groups in total. The second kappa shape index (κ2) is 13.1. The highest BCUT2D eigenvalue weighted by atomic mass is 32.2. The van der Waals surface area contributed by atoms with Crippen LogP contribution in [0.1, 0.15) is 33.3 Å². The minimum atomic E-state index is -1.01. The molecular formula is C27H38N5O5S+. The maximum Gasteiger partial charge on any atom is 0.317 e. The fourth-order valence-corrected chi connectivity index (χ4v) is 3.59. The third-order valence-corrected chi connectivity index (χ3v) is 6.56. The highest BCUT2D eigenvalue weighted by Crippen LogP contribution is 2.27. The first-order valence-electron chi connectivity index (χ1n) is 12.5. The van der Waals surface area contributed by atoms with Crippen molar-refractivity contribution in [3.63, 3.8) is 0 Å². The normalized spacial score (nSPS) is 11.8. The van der Waals surface area contributed by atoms with Crippen LogP contribution >= 0.6 is 0 Å². The molecule has 206 valence electrons. The lowest BCUT2D eigenvalue weighted by Crippen LogP contribution is -2.30. The molecule has 0 bridgehead atoms. The SMILES string of the molecule is Cc1cc(OCC(C)(C)C(=O)O)ncc1-c1ccc(-c2nc(OCC(C)C)n(COCC[S+](C)C)n2)cn1. The van der Waals surface area contributed by atoms with E-state index in [1.54, 1.807) is 37.0 Å². The molecule has 0 aliphatic carbocycles. The van der Waals surface area contributed by atoms with Crippen LogP contribution in [-0.2, 0) is 27.2 Å². The quantitative estimate of drug-likeness (QED) is 0.236. The number of aromatic nitrogens is 5. The van der Waals surface area contributed by atoms with Gasteiger partial charge in [-0.2, -0.15) is 9.67 Å². The molecule has 3 aromatic rings. The summed E-state index contributed by atoms with van der Waals surface area (Å²) in [7, 11) is 0.316. The summed E-state index contributed by atoms with van der Waals surface area (Å²) >= 11 is 0. The van der Waals surface area contributed by atoms with Gasteiger partial charge in [0.25, 0.3) is 0 Å². The van der Waals surface area contributed by atoms with Crippen molar-refractivity contribution in [2.24, 2.45) is 11.3 Å². The maximum absolute atomic E-state index is 11.3. The van der Waals surface area contributed by atoms with E-state index in [2.05, 4.69) is 46.4 Å². The van der Waals surface area contributed by atoms with Gasteiger partial charge < -0.3 is 19.3 Å². The van der Waals surface area contributed by atoms with E-state index in [1.807, 2.05) is 19.1 Å². The van der Waals surface area contributed by atoms with Crippen LogP contribution in [0.3, 0.4) is 0 Å². The van der Waals surface area contributed by atoms with Gasteiger partial charge in [0.2, 0.25) is 5.88 Å². The molecule has 0 saturated carbocycles. The Hall–Kier alpha value is -3.18. The summed E-state index contributed by atoms with van der Waals surface area (Å²) in [4.78, 5) is 24.9. The molecule has 10 nitrogen and oxygen atoms in total. The Morgan fingerprint density at radius 2 is 1.92 bits per heavy atom. The molecule has 3 heterocycles. The molecule has 0 spiro atoms. The number of carboxylic acids is 1. The lowest BCUT2D eigenvalue weighted by Gasteiger charge is -2.19. The zero-order valence-electron chi connectivity index (χ0n) is 23.2. The van der Waals surface area contributed by atoms with Gasteiger partial charge in [0.15, 0.2) is 5.82 Å². The molecule has 0 aliphatic heterocycles. The fraction of sp³-hybridized carbons (Fsp3) is 0.519. The molecule has 11 heteroatoms. The number of nitrogens with zero attached hydrogens (tertiary/aromatic N) is 5. The number of carbonyl (C=O) groups is 1. The smallest absolute Gasteiger partial charge is 0.317 e. The van der Waals surface area contributed by atoms with Gasteiger partial charge in [0.05, 0.1) is 36.8 Å². The van der Waals surface area contributed by atoms with Crippen molar-refractivity contribution in [2.75, 3.05) is 38.1 Å². The molecule has 0 aliphatic rings. The van der Waals surface area contributed by atoms with Gasteiger partial charge in [-0.05, 0) is 55.3 Å². The molecule has 0 atom stereocenters. The Morgan fingerprint density at radius 3 is 2.53 bits per heavy atom. The van der Waals surface area contributed by atoms with E-state index in [0.717, 1.165) is 28.1 Å². The van der Waals surface area contributed by atoms with E-state index in [1.165, 1.54) is 0 Å². The number of aliphatic carboxylic acids is 1. The van der Waals surface area contributed by atoms with Crippen LogP contribution in [0.2, 0.25) is 0 Å². The molecule has 0 amide bonds. The summed E-state index contributed by atoms with van der Waals surface area (Å²) in [5.74, 6) is 1.31. The average Bonchev–Trinajstić information content (AvgIpc) is 3.27. The standard InChI is InChI=1S/C27H37N5O5S/c1-18(2)15-36-26-30-24(31-32(26)17-35-10-11-38(6)7)20-8-9-22(28-13-20)21-14-29-23(12-19(21)3)37-16-27(4,5)25(33)34/h8-9,12-14,18H,10-11,15-17H2,1-7H3/p+1. The molecular weight excluding hydrogens is 506 g/mol. The van der Waals surface area contributed by atoms with E-state index < -0.39 is 11.4 Å². The minimum Gasteiger partial charge on any atom is -0.481 e. The van der Waals surface area contributed by atoms with Gasteiger partial charge in [-0.15, -0.1) is 5.10 Å². The first-order valence-corrected chi connectivity index (χ1v) is 14.7. The van der Waals surface area contributed by atoms with Crippen molar-refractivity contribution in [1.29, 1.82) is 0 Å². The lowest BCUT2D eigenvalue weighted by molar-refractivity contribution is -0.148. The Balaban J connectivity index is 1.74. The van der Waals surface area contributed by atoms with E-state index >= 15 is 0 Å².